The summed E-state index contributed by atoms with van der Waals surface area (Å²) >= 11 is 8.11. The van der Waals surface area contributed by atoms with E-state index in [9.17, 15) is 0 Å². The molecule has 1 atom stereocenters. The molecule has 0 aliphatic rings. The Kier molecular flexibility index (Phi) is 3.78. The summed E-state index contributed by atoms with van der Waals surface area (Å²) in [5, 5.41) is 11.9. The van der Waals surface area contributed by atoms with Gasteiger partial charge in [0.1, 0.15) is 0 Å². The lowest BCUT2D eigenvalue weighted by molar-refractivity contribution is 0.566. The molecular formula is C15H16ClN3S. The monoisotopic (exact) mass is 305 g/mol. The van der Waals surface area contributed by atoms with Crippen molar-refractivity contribution in [3.63, 3.8) is 0 Å². The summed E-state index contributed by atoms with van der Waals surface area (Å²) in [5.41, 5.74) is 2.28. The van der Waals surface area contributed by atoms with Gasteiger partial charge in [0.05, 0.1) is 23.0 Å². The molecule has 0 fully saturated rings. The van der Waals surface area contributed by atoms with Gasteiger partial charge in [0.2, 0.25) is 0 Å². The summed E-state index contributed by atoms with van der Waals surface area (Å²) in [7, 11) is 1.96. The van der Waals surface area contributed by atoms with E-state index in [2.05, 4.69) is 47.0 Å². The average Bonchev–Trinajstić information content (AvgIpc) is 3.06. The molecule has 1 unspecified atom stereocenters. The zero-order chi connectivity index (χ0) is 14.1. The molecule has 3 rings (SSSR count). The predicted molar refractivity (Wildman–Crippen MR) is 85.6 cm³/mol. The first-order chi connectivity index (χ1) is 9.76. The van der Waals surface area contributed by atoms with Crippen molar-refractivity contribution >= 4 is 33.0 Å². The van der Waals surface area contributed by atoms with Crippen LogP contribution in [0.5, 0.6) is 0 Å². The average molecular weight is 306 g/mol. The van der Waals surface area contributed by atoms with Gasteiger partial charge in [-0.15, -0.1) is 11.3 Å². The number of nitrogens with zero attached hydrogens (tertiary/aromatic N) is 2. The van der Waals surface area contributed by atoms with E-state index in [4.69, 9.17) is 11.6 Å². The first-order valence-corrected chi connectivity index (χ1v) is 7.86. The van der Waals surface area contributed by atoms with Crippen molar-refractivity contribution < 1.29 is 0 Å². The van der Waals surface area contributed by atoms with Gasteiger partial charge in [-0.05, 0) is 36.4 Å². The standard InChI is InChI=1S/C15H16ClN3S/c1-3-19-15(12(16)8-18-19)14(17-2)11-9-20-13-7-5-4-6-10(11)13/h4-9,14,17H,3H2,1-2H3. The number of fused-ring (bicyclic) bond motifs is 1. The van der Waals surface area contributed by atoms with E-state index in [1.165, 1.54) is 15.6 Å². The number of halogens is 1. The van der Waals surface area contributed by atoms with E-state index in [0.29, 0.717) is 5.02 Å². The maximum atomic E-state index is 6.35. The van der Waals surface area contributed by atoms with Crippen LogP contribution in [0.1, 0.15) is 24.2 Å². The van der Waals surface area contributed by atoms with Crippen molar-refractivity contribution in [3.05, 3.63) is 52.1 Å². The summed E-state index contributed by atoms with van der Waals surface area (Å²) < 4.78 is 3.25. The number of aryl methyl sites for hydroxylation is 1. The van der Waals surface area contributed by atoms with Crippen LogP contribution >= 0.6 is 22.9 Å². The highest BCUT2D eigenvalue weighted by Crippen LogP contribution is 2.35. The van der Waals surface area contributed by atoms with Crippen LogP contribution in [0.15, 0.2) is 35.8 Å². The smallest absolute Gasteiger partial charge is 0.0837 e. The van der Waals surface area contributed by atoms with Crippen molar-refractivity contribution in [3.8, 4) is 0 Å². The Balaban J connectivity index is 2.16. The topological polar surface area (TPSA) is 29.9 Å². The molecule has 104 valence electrons. The van der Waals surface area contributed by atoms with Gasteiger partial charge in [0.25, 0.3) is 0 Å². The van der Waals surface area contributed by atoms with Crippen LogP contribution in [0, 0.1) is 0 Å². The maximum Gasteiger partial charge on any atom is 0.0837 e. The van der Waals surface area contributed by atoms with Gasteiger partial charge < -0.3 is 5.32 Å². The van der Waals surface area contributed by atoms with Crippen molar-refractivity contribution in [2.75, 3.05) is 7.05 Å². The summed E-state index contributed by atoms with van der Waals surface area (Å²) in [4.78, 5) is 0. The van der Waals surface area contributed by atoms with Crippen LogP contribution < -0.4 is 5.32 Å². The molecule has 0 aliphatic carbocycles. The Morgan fingerprint density at radius 1 is 1.40 bits per heavy atom. The lowest BCUT2D eigenvalue weighted by Crippen LogP contribution is -2.21. The van der Waals surface area contributed by atoms with Crippen molar-refractivity contribution in [1.29, 1.82) is 0 Å². The Hall–Kier alpha value is -1.36. The molecule has 1 N–H and O–H groups in total. The number of thiophene rings is 1. The fraction of sp³-hybridized carbons (Fsp3) is 0.267. The second kappa shape index (κ2) is 5.56. The number of rotatable bonds is 4. The van der Waals surface area contributed by atoms with E-state index >= 15 is 0 Å². The van der Waals surface area contributed by atoms with E-state index in [0.717, 1.165) is 12.2 Å². The molecule has 3 aromatic rings. The quantitative estimate of drug-likeness (QED) is 0.787. The molecule has 0 saturated carbocycles. The highest BCUT2D eigenvalue weighted by atomic mass is 35.5. The van der Waals surface area contributed by atoms with Crippen LogP contribution in [-0.4, -0.2) is 16.8 Å². The predicted octanol–water partition coefficient (Wildman–Crippen LogP) is 4.08. The Morgan fingerprint density at radius 2 is 2.20 bits per heavy atom. The minimum Gasteiger partial charge on any atom is -0.308 e. The minimum atomic E-state index is 0.0566. The largest absolute Gasteiger partial charge is 0.308 e. The van der Waals surface area contributed by atoms with Gasteiger partial charge in [-0.2, -0.15) is 5.10 Å². The second-order valence-electron chi connectivity index (χ2n) is 4.60. The first kappa shape index (κ1) is 13.6. The SMILES string of the molecule is CCn1ncc(Cl)c1C(NC)c1csc2ccccc12. The third-order valence-corrected chi connectivity index (χ3v) is 4.79. The van der Waals surface area contributed by atoms with Gasteiger partial charge in [0, 0.05) is 11.2 Å². The molecule has 0 aliphatic heterocycles. The highest BCUT2D eigenvalue weighted by molar-refractivity contribution is 7.17. The lowest BCUT2D eigenvalue weighted by Gasteiger charge is -2.18. The van der Waals surface area contributed by atoms with Crippen LogP contribution in [0.2, 0.25) is 5.02 Å². The van der Waals surface area contributed by atoms with Gasteiger partial charge >= 0.3 is 0 Å². The van der Waals surface area contributed by atoms with E-state index in [-0.39, 0.29) is 6.04 Å². The molecule has 0 amide bonds. The summed E-state index contributed by atoms with van der Waals surface area (Å²) in [6, 6.07) is 8.51. The molecule has 0 spiro atoms. The number of nitrogens with one attached hydrogen (secondary N) is 1. The molecule has 2 heterocycles. The second-order valence-corrected chi connectivity index (χ2v) is 5.92. The van der Waals surface area contributed by atoms with E-state index in [1.54, 1.807) is 17.5 Å². The normalized spacial score (nSPS) is 12.9. The molecule has 2 aromatic heterocycles. The van der Waals surface area contributed by atoms with Gasteiger partial charge in [0.15, 0.2) is 0 Å². The Labute approximate surface area is 127 Å². The van der Waals surface area contributed by atoms with Gasteiger partial charge in [-0.3, -0.25) is 4.68 Å². The summed E-state index contributed by atoms with van der Waals surface area (Å²) in [6.45, 7) is 2.88. The zero-order valence-corrected chi connectivity index (χ0v) is 13.0. The third kappa shape index (κ3) is 2.14. The Morgan fingerprint density at radius 3 is 2.95 bits per heavy atom. The molecule has 20 heavy (non-hydrogen) atoms. The van der Waals surface area contributed by atoms with Crippen molar-refractivity contribution in [1.82, 2.24) is 15.1 Å². The van der Waals surface area contributed by atoms with Crippen LogP contribution in [0.3, 0.4) is 0 Å². The fourth-order valence-corrected chi connectivity index (χ4v) is 3.81. The van der Waals surface area contributed by atoms with Crippen molar-refractivity contribution in [2.45, 2.75) is 19.5 Å². The van der Waals surface area contributed by atoms with Gasteiger partial charge in [-0.25, -0.2) is 0 Å². The number of hydrogen-bond donors (Lipinski definition) is 1. The molecule has 0 radical (unpaired) electrons. The number of hydrogen-bond acceptors (Lipinski definition) is 3. The first-order valence-electron chi connectivity index (χ1n) is 6.60. The Bertz CT molecular complexity index is 732. The van der Waals surface area contributed by atoms with E-state index in [1.807, 2.05) is 11.7 Å². The number of benzene rings is 1. The van der Waals surface area contributed by atoms with Crippen LogP contribution in [0.25, 0.3) is 10.1 Å². The van der Waals surface area contributed by atoms with Gasteiger partial charge in [-0.1, -0.05) is 29.8 Å². The fourth-order valence-electron chi connectivity index (χ4n) is 2.57. The molecule has 0 bridgehead atoms. The van der Waals surface area contributed by atoms with Crippen molar-refractivity contribution in [2.24, 2.45) is 0 Å². The van der Waals surface area contributed by atoms with E-state index < -0.39 is 0 Å². The zero-order valence-electron chi connectivity index (χ0n) is 11.4. The number of aromatic nitrogens is 2. The maximum absolute atomic E-state index is 6.35. The summed E-state index contributed by atoms with van der Waals surface area (Å²) in [6.07, 6.45) is 1.72. The van der Waals surface area contributed by atoms with Crippen LogP contribution in [0.4, 0.5) is 0 Å². The molecule has 1 aromatic carbocycles. The highest BCUT2D eigenvalue weighted by Gasteiger charge is 2.22. The summed E-state index contributed by atoms with van der Waals surface area (Å²) in [5.74, 6) is 0. The molecule has 0 saturated heterocycles. The lowest BCUT2D eigenvalue weighted by atomic mass is 10.0. The molecular weight excluding hydrogens is 290 g/mol. The molecule has 5 heteroatoms. The molecule has 3 nitrogen and oxygen atoms in total. The van der Waals surface area contributed by atoms with Crippen LogP contribution in [-0.2, 0) is 6.54 Å². The third-order valence-electron chi connectivity index (χ3n) is 3.52. The minimum absolute atomic E-state index is 0.0566.